The molecule has 0 bridgehead atoms. The van der Waals surface area contributed by atoms with Gasteiger partial charge in [-0.3, -0.25) is 0 Å². The van der Waals surface area contributed by atoms with Gasteiger partial charge < -0.3 is 19.9 Å². The van der Waals surface area contributed by atoms with Crippen LogP contribution >= 0.6 is 0 Å². The summed E-state index contributed by atoms with van der Waals surface area (Å²) < 4.78 is 7.57. The zero-order valence-corrected chi connectivity index (χ0v) is 16.7. The zero-order valence-electron chi connectivity index (χ0n) is 16.7. The number of nitrogens with one attached hydrogen (secondary N) is 2. The number of fused-ring (bicyclic) bond motifs is 1. The van der Waals surface area contributed by atoms with Crippen molar-refractivity contribution >= 4 is 22.9 Å². The van der Waals surface area contributed by atoms with Crippen LogP contribution in [0.25, 0.3) is 11.2 Å². The molecule has 7 nitrogen and oxygen atoms in total. The van der Waals surface area contributed by atoms with E-state index in [1.165, 1.54) is 19.3 Å². The van der Waals surface area contributed by atoms with Crippen molar-refractivity contribution in [1.29, 1.82) is 0 Å². The van der Waals surface area contributed by atoms with Crippen molar-refractivity contribution < 1.29 is 9.53 Å². The molecular weight excluding hydrogens is 366 g/mol. The number of benzene rings is 1. The second kappa shape index (κ2) is 8.94. The smallest absolute Gasteiger partial charge is 0.319 e. The first-order valence-corrected chi connectivity index (χ1v) is 10.3. The summed E-state index contributed by atoms with van der Waals surface area (Å²) >= 11 is 0. The molecule has 2 heterocycles. The maximum absolute atomic E-state index is 12.3. The standard InChI is InChI=1S/C22H27N5O2/c1-29-19-12-6-5-10-17(19)26-22(28)24-15-13-20-25-18-11-7-14-23-21(18)27(20)16-8-3-2-4-9-16/h5-7,10-12,14,16H,2-4,8-9,13,15H2,1H3,(H2,24,26,28). The fourth-order valence-electron chi connectivity index (χ4n) is 4.08. The van der Waals surface area contributed by atoms with Crippen LogP contribution in [0.3, 0.4) is 0 Å². The Morgan fingerprint density at radius 2 is 2.00 bits per heavy atom. The molecule has 1 aromatic carbocycles. The molecule has 0 saturated heterocycles. The SMILES string of the molecule is COc1ccccc1NC(=O)NCCc1nc2cccnc2n1C1CCCCC1. The molecular formula is C22H27N5O2. The lowest BCUT2D eigenvalue weighted by atomic mass is 9.95. The number of carbonyl (C=O) groups excluding carboxylic acids is 1. The average molecular weight is 393 g/mol. The molecule has 1 fully saturated rings. The minimum atomic E-state index is -0.257. The number of anilines is 1. The Kier molecular flexibility index (Phi) is 5.93. The molecule has 1 saturated carbocycles. The Hall–Kier alpha value is -3.09. The summed E-state index contributed by atoms with van der Waals surface area (Å²) in [6.45, 7) is 0.497. The minimum Gasteiger partial charge on any atom is -0.495 e. The lowest BCUT2D eigenvalue weighted by molar-refractivity contribution is 0.252. The maximum atomic E-state index is 12.3. The first kappa shape index (κ1) is 19.2. The van der Waals surface area contributed by atoms with Crippen molar-refractivity contribution in [3.63, 3.8) is 0 Å². The van der Waals surface area contributed by atoms with Crippen molar-refractivity contribution in [2.45, 2.75) is 44.6 Å². The number of nitrogens with zero attached hydrogens (tertiary/aromatic N) is 3. The van der Waals surface area contributed by atoms with E-state index in [1.54, 1.807) is 7.11 Å². The van der Waals surface area contributed by atoms with Crippen molar-refractivity contribution in [3.05, 3.63) is 48.4 Å². The van der Waals surface area contributed by atoms with Gasteiger partial charge in [-0.1, -0.05) is 31.4 Å². The number of rotatable bonds is 6. The second-order valence-corrected chi connectivity index (χ2v) is 7.37. The van der Waals surface area contributed by atoms with E-state index in [-0.39, 0.29) is 6.03 Å². The molecule has 0 radical (unpaired) electrons. The molecule has 3 aromatic rings. The monoisotopic (exact) mass is 393 g/mol. The zero-order chi connectivity index (χ0) is 20.1. The highest BCUT2D eigenvalue weighted by Gasteiger charge is 2.22. The van der Waals surface area contributed by atoms with Gasteiger partial charge in [-0.2, -0.15) is 0 Å². The van der Waals surface area contributed by atoms with Gasteiger partial charge in [0.15, 0.2) is 5.65 Å². The summed E-state index contributed by atoms with van der Waals surface area (Å²) in [6, 6.07) is 11.5. The molecule has 0 atom stereocenters. The van der Waals surface area contributed by atoms with Crippen molar-refractivity contribution in [1.82, 2.24) is 19.9 Å². The Morgan fingerprint density at radius 3 is 2.83 bits per heavy atom. The topological polar surface area (TPSA) is 81.1 Å². The van der Waals surface area contributed by atoms with E-state index < -0.39 is 0 Å². The van der Waals surface area contributed by atoms with Crippen molar-refractivity contribution in [3.8, 4) is 5.75 Å². The number of aromatic nitrogens is 3. The summed E-state index contributed by atoms with van der Waals surface area (Å²) in [5, 5.41) is 5.76. The molecule has 2 aromatic heterocycles. The van der Waals surface area contributed by atoms with Crippen LogP contribution in [0.4, 0.5) is 10.5 Å². The minimum absolute atomic E-state index is 0.257. The summed E-state index contributed by atoms with van der Waals surface area (Å²) in [4.78, 5) is 21.7. The Bertz CT molecular complexity index is 978. The van der Waals surface area contributed by atoms with Gasteiger partial charge in [-0.05, 0) is 37.1 Å². The van der Waals surface area contributed by atoms with Crippen molar-refractivity contribution in [2.24, 2.45) is 0 Å². The van der Waals surface area contributed by atoms with Crippen LogP contribution in [0.15, 0.2) is 42.6 Å². The number of hydrogen-bond donors (Lipinski definition) is 2. The van der Waals surface area contributed by atoms with Gasteiger partial charge in [0.25, 0.3) is 0 Å². The van der Waals surface area contributed by atoms with E-state index in [1.807, 2.05) is 42.6 Å². The van der Waals surface area contributed by atoms with E-state index in [0.29, 0.717) is 30.4 Å². The molecule has 0 spiro atoms. The maximum Gasteiger partial charge on any atom is 0.319 e. The summed E-state index contributed by atoms with van der Waals surface area (Å²) in [5.74, 6) is 1.62. The Morgan fingerprint density at radius 1 is 1.17 bits per heavy atom. The van der Waals surface area contributed by atoms with Crippen LogP contribution in [-0.2, 0) is 6.42 Å². The van der Waals surface area contributed by atoms with Crippen LogP contribution < -0.4 is 15.4 Å². The lowest BCUT2D eigenvalue weighted by Gasteiger charge is -2.25. The molecule has 152 valence electrons. The first-order chi connectivity index (χ1) is 14.3. The number of pyridine rings is 1. The number of imidazole rings is 1. The molecule has 2 amide bonds. The highest BCUT2D eigenvalue weighted by Crippen LogP contribution is 2.32. The van der Waals surface area contributed by atoms with Gasteiger partial charge in [0.05, 0.1) is 12.8 Å². The molecule has 1 aliphatic carbocycles. The molecule has 2 N–H and O–H groups in total. The predicted molar refractivity (Wildman–Crippen MR) is 113 cm³/mol. The van der Waals surface area contributed by atoms with Gasteiger partial charge in [-0.15, -0.1) is 0 Å². The van der Waals surface area contributed by atoms with E-state index in [9.17, 15) is 4.79 Å². The van der Waals surface area contributed by atoms with E-state index in [4.69, 9.17) is 9.72 Å². The third kappa shape index (κ3) is 4.34. The number of methoxy groups -OCH3 is 1. The van der Waals surface area contributed by atoms with Gasteiger partial charge >= 0.3 is 6.03 Å². The molecule has 0 aliphatic heterocycles. The number of ether oxygens (including phenoxy) is 1. The highest BCUT2D eigenvalue weighted by molar-refractivity contribution is 5.90. The van der Waals surface area contributed by atoms with E-state index >= 15 is 0 Å². The molecule has 7 heteroatoms. The number of urea groups is 1. The summed E-state index contributed by atoms with van der Waals surface area (Å²) in [5.41, 5.74) is 2.52. The quantitative estimate of drug-likeness (QED) is 0.654. The lowest BCUT2D eigenvalue weighted by Crippen LogP contribution is -2.31. The van der Waals surface area contributed by atoms with Crippen LogP contribution in [0.1, 0.15) is 44.0 Å². The van der Waals surface area contributed by atoms with E-state index in [0.717, 1.165) is 29.8 Å². The third-order valence-electron chi connectivity index (χ3n) is 5.45. The molecule has 1 aliphatic rings. The van der Waals surface area contributed by atoms with Gasteiger partial charge in [0, 0.05) is 25.2 Å². The average Bonchev–Trinajstić information content (AvgIpc) is 3.13. The summed E-state index contributed by atoms with van der Waals surface area (Å²) in [6.07, 6.45) is 8.61. The van der Waals surface area contributed by atoms with Crippen molar-refractivity contribution in [2.75, 3.05) is 19.0 Å². The fraction of sp³-hybridized carbons (Fsp3) is 0.409. The largest absolute Gasteiger partial charge is 0.495 e. The number of amides is 2. The molecule has 4 rings (SSSR count). The Labute approximate surface area is 170 Å². The fourth-order valence-corrected chi connectivity index (χ4v) is 4.08. The molecule has 29 heavy (non-hydrogen) atoms. The number of hydrogen-bond acceptors (Lipinski definition) is 4. The molecule has 0 unspecified atom stereocenters. The first-order valence-electron chi connectivity index (χ1n) is 10.3. The van der Waals surface area contributed by atoms with Crippen LogP contribution in [-0.4, -0.2) is 34.2 Å². The van der Waals surface area contributed by atoms with E-state index in [2.05, 4.69) is 20.2 Å². The van der Waals surface area contributed by atoms with Crippen LogP contribution in [0.2, 0.25) is 0 Å². The number of carbonyl (C=O) groups is 1. The van der Waals surface area contributed by atoms with Crippen LogP contribution in [0.5, 0.6) is 5.75 Å². The van der Waals surface area contributed by atoms with Gasteiger partial charge in [0.2, 0.25) is 0 Å². The summed E-state index contributed by atoms with van der Waals surface area (Å²) in [7, 11) is 1.59. The van der Waals surface area contributed by atoms with Crippen LogP contribution in [0, 0.1) is 0 Å². The third-order valence-corrected chi connectivity index (χ3v) is 5.45. The second-order valence-electron chi connectivity index (χ2n) is 7.37. The number of para-hydroxylation sites is 2. The van der Waals surface area contributed by atoms with Gasteiger partial charge in [-0.25, -0.2) is 14.8 Å². The highest BCUT2D eigenvalue weighted by atomic mass is 16.5. The predicted octanol–water partition coefficient (Wildman–Crippen LogP) is 4.31. The normalized spacial score (nSPS) is 14.7. The van der Waals surface area contributed by atoms with Gasteiger partial charge in [0.1, 0.15) is 17.1 Å². The Balaban J connectivity index is 1.43.